The summed E-state index contributed by atoms with van der Waals surface area (Å²) in [5, 5.41) is 4.13. The van der Waals surface area contributed by atoms with Gasteiger partial charge in [-0.15, -0.1) is 0 Å². The standard InChI is InChI=1S/C14H25N3O3/c1-3-19-14(8-6-4-5-7-9-14)13-16-12(20-17-13)11(15)10-18-2/h11H,3-10,15H2,1-2H3. The lowest BCUT2D eigenvalue weighted by atomic mass is 9.93. The zero-order chi connectivity index (χ0) is 14.4. The molecule has 1 heterocycles. The SMILES string of the molecule is CCOC1(c2noc(C(N)COC)n2)CCCCCC1. The van der Waals surface area contributed by atoms with E-state index in [4.69, 9.17) is 19.7 Å². The van der Waals surface area contributed by atoms with E-state index in [2.05, 4.69) is 10.1 Å². The fourth-order valence-electron chi connectivity index (χ4n) is 2.83. The minimum atomic E-state index is -0.403. The van der Waals surface area contributed by atoms with E-state index in [1.54, 1.807) is 7.11 Å². The number of ether oxygens (including phenoxy) is 2. The van der Waals surface area contributed by atoms with E-state index in [1.165, 1.54) is 12.8 Å². The molecule has 0 bridgehead atoms. The van der Waals surface area contributed by atoms with Crippen LogP contribution in [0.15, 0.2) is 4.52 Å². The van der Waals surface area contributed by atoms with Crippen molar-refractivity contribution >= 4 is 0 Å². The second kappa shape index (κ2) is 7.15. The van der Waals surface area contributed by atoms with Crippen LogP contribution in [0, 0.1) is 0 Å². The van der Waals surface area contributed by atoms with E-state index >= 15 is 0 Å². The molecule has 0 aromatic carbocycles. The van der Waals surface area contributed by atoms with Gasteiger partial charge >= 0.3 is 0 Å². The fraction of sp³-hybridized carbons (Fsp3) is 0.857. The Hall–Kier alpha value is -0.980. The molecule has 1 atom stereocenters. The first kappa shape index (κ1) is 15.4. The van der Waals surface area contributed by atoms with Crippen molar-refractivity contribution in [2.45, 2.75) is 57.1 Å². The number of nitrogens with two attached hydrogens (primary N) is 1. The molecule has 1 aliphatic carbocycles. The molecule has 1 unspecified atom stereocenters. The van der Waals surface area contributed by atoms with Crippen LogP contribution < -0.4 is 5.73 Å². The highest BCUT2D eigenvalue weighted by molar-refractivity contribution is 5.04. The smallest absolute Gasteiger partial charge is 0.246 e. The minimum absolute atomic E-state index is 0.364. The zero-order valence-electron chi connectivity index (χ0n) is 12.4. The first-order chi connectivity index (χ1) is 9.72. The highest BCUT2D eigenvalue weighted by Gasteiger charge is 2.38. The molecule has 0 spiro atoms. The highest BCUT2D eigenvalue weighted by atomic mass is 16.5. The van der Waals surface area contributed by atoms with E-state index in [9.17, 15) is 0 Å². The van der Waals surface area contributed by atoms with Gasteiger partial charge in [-0.3, -0.25) is 0 Å². The maximum atomic E-state index is 6.03. The Morgan fingerprint density at radius 2 is 2.00 bits per heavy atom. The molecular weight excluding hydrogens is 258 g/mol. The molecule has 114 valence electrons. The van der Waals surface area contributed by atoms with Gasteiger partial charge in [0.25, 0.3) is 0 Å². The molecular formula is C14H25N3O3. The van der Waals surface area contributed by atoms with Gasteiger partial charge in [-0.05, 0) is 19.8 Å². The molecule has 0 amide bonds. The summed E-state index contributed by atoms with van der Waals surface area (Å²) in [5.41, 5.74) is 5.53. The lowest BCUT2D eigenvalue weighted by molar-refractivity contribution is -0.0636. The Labute approximate surface area is 120 Å². The third-order valence-corrected chi connectivity index (χ3v) is 3.84. The predicted octanol–water partition coefficient (Wildman–Crippen LogP) is 2.30. The predicted molar refractivity (Wildman–Crippen MR) is 74.1 cm³/mol. The molecule has 6 heteroatoms. The third-order valence-electron chi connectivity index (χ3n) is 3.84. The van der Waals surface area contributed by atoms with E-state index in [1.807, 2.05) is 6.92 Å². The van der Waals surface area contributed by atoms with Crippen LogP contribution in [0.25, 0.3) is 0 Å². The quantitative estimate of drug-likeness (QED) is 0.806. The van der Waals surface area contributed by atoms with Gasteiger partial charge in [-0.1, -0.05) is 30.8 Å². The Morgan fingerprint density at radius 1 is 1.30 bits per heavy atom. The average molecular weight is 283 g/mol. The van der Waals surface area contributed by atoms with Crippen LogP contribution in [0.5, 0.6) is 0 Å². The molecule has 0 saturated heterocycles. The van der Waals surface area contributed by atoms with Crippen molar-refractivity contribution in [2.24, 2.45) is 5.73 Å². The Kier molecular flexibility index (Phi) is 5.51. The largest absolute Gasteiger partial charge is 0.383 e. The number of rotatable bonds is 6. The van der Waals surface area contributed by atoms with Gasteiger partial charge in [0.15, 0.2) is 0 Å². The summed E-state index contributed by atoms with van der Waals surface area (Å²) >= 11 is 0. The van der Waals surface area contributed by atoms with Crippen molar-refractivity contribution in [1.82, 2.24) is 10.1 Å². The summed E-state index contributed by atoms with van der Waals surface area (Å²) in [4.78, 5) is 4.48. The first-order valence-electron chi connectivity index (χ1n) is 7.44. The van der Waals surface area contributed by atoms with E-state index < -0.39 is 5.60 Å². The summed E-state index contributed by atoms with van der Waals surface area (Å²) in [6.45, 7) is 3.02. The molecule has 1 fully saturated rings. The second-order valence-electron chi connectivity index (χ2n) is 5.36. The van der Waals surface area contributed by atoms with Crippen LogP contribution in [0.2, 0.25) is 0 Å². The molecule has 0 aliphatic heterocycles. The Balaban J connectivity index is 2.20. The van der Waals surface area contributed by atoms with Gasteiger partial charge in [-0.25, -0.2) is 0 Å². The van der Waals surface area contributed by atoms with E-state index in [-0.39, 0.29) is 6.04 Å². The molecule has 0 radical (unpaired) electrons. The number of nitrogens with zero attached hydrogens (tertiary/aromatic N) is 2. The normalized spacial score (nSPS) is 20.6. The van der Waals surface area contributed by atoms with Crippen molar-refractivity contribution in [1.29, 1.82) is 0 Å². The molecule has 20 heavy (non-hydrogen) atoms. The van der Waals surface area contributed by atoms with Crippen LogP contribution in [0.3, 0.4) is 0 Å². The maximum absolute atomic E-state index is 6.03. The van der Waals surface area contributed by atoms with Crippen molar-refractivity contribution < 1.29 is 14.0 Å². The molecule has 1 aromatic heterocycles. The van der Waals surface area contributed by atoms with Gasteiger partial charge in [-0.2, -0.15) is 4.98 Å². The van der Waals surface area contributed by atoms with Crippen LogP contribution in [0.4, 0.5) is 0 Å². The van der Waals surface area contributed by atoms with Crippen molar-refractivity contribution in [2.75, 3.05) is 20.3 Å². The molecule has 6 nitrogen and oxygen atoms in total. The van der Waals surface area contributed by atoms with Gasteiger partial charge < -0.3 is 19.7 Å². The van der Waals surface area contributed by atoms with E-state index in [0.717, 1.165) is 25.7 Å². The Bertz CT molecular complexity index is 400. The van der Waals surface area contributed by atoms with Crippen LogP contribution >= 0.6 is 0 Å². The fourth-order valence-corrected chi connectivity index (χ4v) is 2.83. The minimum Gasteiger partial charge on any atom is -0.383 e. The lowest BCUT2D eigenvalue weighted by Crippen LogP contribution is -2.31. The summed E-state index contributed by atoms with van der Waals surface area (Å²) < 4.78 is 16.4. The zero-order valence-corrected chi connectivity index (χ0v) is 12.4. The highest BCUT2D eigenvalue weighted by Crippen LogP contribution is 2.38. The van der Waals surface area contributed by atoms with Gasteiger partial charge in [0.2, 0.25) is 11.7 Å². The first-order valence-corrected chi connectivity index (χ1v) is 7.44. The monoisotopic (exact) mass is 283 g/mol. The molecule has 1 aliphatic rings. The van der Waals surface area contributed by atoms with Gasteiger partial charge in [0.1, 0.15) is 11.6 Å². The van der Waals surface area contributed by atoms with Crippen LogP contribution in [-0.2, 0) is 15.1 Å². The molecule has 2 N–H and O–H groups in total. The summed E-state index contributed by atoms with van der Waals surface area (Å²) in [7, 11) is 1.60. The summed E-state index contributed by atoms with van der Waals surface area (Å²) in [6, 6.07) is -0.384. The van der Waals surface area contributed by atoms with Gasteiger partial charge in [0, 0.05) is 13.7 Å². The Morgan fingerprint density at radius 3 is 2.60 bits per heavy atom. The van der Waals surface area contributed by atoms with E-state index in [0.29, 0.717) is 24.9 Å². The number of hydrogen-bond donors (Lipinski definition) is 1. The number of methoxy groups -OCH3 is 1. The van der Waals surface area contributed by atoms with Crippen molar-refractivity contribution in [3.63, 3.8) is 0 Å². The van der Waals surface area contributed by atoms with Crippen LogP contribution in [0.1, 0.15) is 63.2 Å². The summed E-state index contributed by atoms with van der Waals surface area (Å²) in [6.07, 6.45) is 6.63. The maximum Gasteiger partial charge on any atom is 0.246 e. The molecule has 1 aromatic rings. The van der Waals surface area contributed by atoms with Crippen molar-refractivity contribution in [3.8, 4) is 0 Å². The molecule has 1 saturated carbocycles. The molecule has 2 rings (SSSR count). The average Bonchev–Trinajstić information content (AvgIpc) is 2.82. The van der Waals surface area contributed by atoms with Crippen LogP contribution in [-0.4, -0.2) is 30.5 Å². The van der Waals surface area contributed by atoms with Crippen molar-refractivity contribution in [3.05, 3.63) is 11.7 Å². The lowest BCUT2D eigenvalue weighted by Gasteiger charge is -2.29. The second-order valence-corrected chi connectivity index (χ2v) is 5.36. The number of aromatic nitrogens is 2. The topological polar surface area (TPSA) is 83.4 Å². The third kappa shape index (κ3) is 3.37. The van der Waals surface area contributed by atoms with Gasteiger partial charge in [0.05, 0.1) is 6.61 Å². The number of hydrogen-bond acceptors (Lipinski definition) is 6. The summed E-state index contributed by atoms with van der Waals surface area (Å²) in [5.74, 6) is 1.06.